The number of hydrogen-bond acceptors (Lipinski definition) is 3. The van der Waals surface area contributed by atoms with E-state index in [-0.39, 0.29) is 29.6 Å². The van der Waals surface area contributed by atoms with Crippen molar-refractivity contribution >= 4 is 27.8 Å². The van der Waals surface area contributed by atoms with Gasteiger partial charge >= 0.3 is 5.97 Å². The molecule has 0 fully saturated rings. The van der Waals surface area contributed by atoms with Crippen molar-refractivity contribution in [3.8, 4) is 0 Å². The highest BCUT2D eigenvalue weighted by Gasteiger charge is 2.33. The third-order valence-electron chi connectivity index (χ3n) is 4.19. The van der Waals surface area contributed by atoms with Crippen LogP contribution in [0.25, 0.3) is 0 Å². The largest absolute Gasteiger partial charge is 0.478 e. The Morgan fingerprint density at radius 3 is 2.88 bits per heavy atom. The Morgan fingerprint density at radius 1 is 1.44 bits per heavy atom. The Balaban J connectivity index is 1.98. The van der Waals surface area contributed by atoms with E-state index in [4.69, 9.17) is 4.74 Å². The van der Waals surface area contributed by atoms with Crippen LogP contribution in [0.1, 0.15) is 26.4 Å². The monoisotopic (exact) mass is 410 g/mol. The van der Waals surface area contributed by atoms with E-state index in [1.807, 2.05) is 10.8 Å². The number of rotatable bonds is 5. The van der Waals surface area contributed by atoms with Gasteiger partial charge < -0.3 is 19.3 Å². The summed E-state index contributed by atoms with van der Waals surface area (Å²) >= 11 is 3.36. The van der Waals surface area contributed by atoms with E-state index in [9.17, 15) is 19.1 Å². The van der Waals surface area contributed by atoms with Gasteiger partial charge in [-0.3, -0.25) is 4.79 Å². The van der Waals surface area contributed by atoms with E-state index < -0.39 is 11.8 Å². The molecule has 8 heteroatoms. The Bertz CT molecular complexity index is 836. The van der Waals surface area contributed by atoms with Gasteiger partial charge in [-0.25, -0.2) is 9.18 Å². The number of nitrogens with zero attached hydrogens (tertiary/aromatic N) is 2. The minimum absolute atomic E-state index is 0.00491. The molecular formula is C17H16BrFN2O4. The lowest BCUT2D eigenvalue weighted by Gasteiger charge is -2.36. The van der Waals surface area contributed by atoms with Crippen molar-refractivity contribution in [1.29, 1.82) is 0 Å². The van der Waals surface area contributed by atoms with Crippen molar-refractivity contribution in [1.82, 2.24) is 9.47 Å². The molecule has 2 aromatic rings. The average molecular weight is 411 g/mol. The molecule has 3 rings (SSSR count). The van der Waals surface area contributed by atoms with Gasteiger partial charge in [-0.1, -0.05) is 0 Å². The van der Waals surface area contributed by atoms with Crippen molar-refractivity contribution in [3.63, 3.8) is 0 Å². The molecule has 0 saturated heterocycles. The van der Waals surface area contributed by atoms with Gasteiger partial charge in [0.2, 0.25) is 0 Å². The lowest BCUT2D eigenvalue weighted by Crippen LogP contribution is -2.49. The standard InChI is InChI=1S/C17H16BrFN2O4/c1-25-9-13-8-20-7-11(18)5-15(20)16(22)21(13)6-10-4-12(19)2-3-14(10)17(23)24/h2-5,7,13H,6,8-9H2,1H3,(H,23,24)/t13-/m1/s1. The molecule has 1 N–H and O–H groups in total. The van der Waals surface area contributed by atoms with Crippen LogP contribution in [0.5, 0.6) is 0 Å². The second kappa shape index (κ2) is 6.97. The molecule has 0 radical (unpaired) electrons. The third-order valence-corrected chi connectivity index (χ3v) is 4.62. The number of methoxy groups -OCH3 is 1. The molecule has 6 nitrogen and oxygen atoms in total. The van der Waals surface area contributed by atoms with Crippen LogP contribution in [-0.2, 0) is 17.8 Å². The zero-order valence-electron chi connectivity index (χ0n) is 13.4. The van der Waals surface area contributed by atoms with Crippen LogP contribution in [0.15, 0.2) is 34.9 Å². The molecule has 1 atom stereocenters. The number of carboxylic acids is 1. The zero-order chi connectivity index (χ0) is 18.1. The topological polar surface area (TPSA) is 71.8 Å². The van der Waals surface area contributed by atoms with E-state index in [2.05, 4.69) is 15.9 Å². The van der Waals surface area contributed by atoms with Crippen LogP contribution >= 0.6 is 15.9 Å². The maximum absolute atomic E-state index is 13.6. The second-order valence-corrected chi connectivity index (χ2v) is 6.76. The van der Waals surface area contributed by atoms with Crippen LogP contribution in [0.2, 0.25) is 0 Å². The summed E-state index contributed by atoms with van der Waals surface area (Å²) in [4.78, 5) is 25.8. The van der Waals surface area contributed by atoms with Gasteiger partial charge in [-0.15, -0.1) is 0 Å². The van der Waals surface area contributed by atoms with E-state index in [1.54, 1.807) is 6.07 Å². The number of carbonyl (C=O) groups excluding carboxylic acids is 1. The number of aromatic nitrogens is 1. The molecule has 0 bridgehead atoms. The van der Waals surface area contributed by atoms with Crippen molar-refractivity contribution in [2.45, 2.75) is 19.1 Å². The highest BCUT2D eigenvalue weighted by atomic mass is 79.9. The van der Waals surface area contributed by atoms with E-state index in [0.717, 1.165) is 16.6 Å². The summed E-state index contributed by atoms with van der Waals surface area (Å²) in [6.07, 6.45) is 1.82. The molecule has 0 unspecified atom stereocenters. The van der Waals surface area contributed by atoms with Crippen LogP contribution < -0.4 is 0 Å². The van der Waals surface area contributed by atoms with Gasteiger partial charge in [-0.2, -0.15) is 0 Å². The van der Waals surface area contributed by atoms with Gasteiger partial charge in [-0.05, 0) is 45.8 Å². The van der Waals surface area contributed by atoms with Crippen LogP contribution in [0.4, 0.5) is 4.39 Å². The van der Waals surface area contributed by atoms with Crippen LogP contribution in [0, 0.1) is 5.82 Å². The summed E-state index contributed by atoms with van der Waals surface area (Å²) in [6, 6.07) is 4.90. The van der Waals surface area contributed by atoms with E-state index in [0.29, 0.717) is 18.8 Å². The summed E-state index contributed by atoms with van der Waals surface area (Å²) in [5, 5.41) is 9.32. The molecule has 25 heavy (non-hydrogen) atoms. The molecule has 2 heterocycles. The van der Waals surface area contributed by atoms with Gasteiger partial charge in [0.25, 0.3) is 5.91 Å². The van der Waals surface area contributed by atoms with Crippen LogP contribution in [0.3, 0.4) is 0 Å². The summed E-state index contributed by atoms with van der Waals surface area (Å²) in [5.74, 6) is -1.95. The molecule has 0 spiro atoms. The van der Waals surface area contributed by atoms with Gasteiger partial charge in [0, 0.05) is 30.9 Å². The second-order valence-electron chi connectivity index (χ2n) is 5.84. The summed E-state index contributed by atoms with van der Waals surface area (Å²) < 4.78 is 21.4. The predicted octanol–water partition coefficient (Wildman–Crippen LogP) is 2.76. The first-order valence-electron chi connectivity index (χ1n) is 7.58. The maximum atomic E-state index is 13.6. The number of ether oxygens (including phenoxy) is 1. The number of aromatic carboxylic acids is 1. The zero-order valence-corrected chi connectivity index (χ0v) is 15.0. The number of amides is 1. The lowest BCUT2D eigenvalue weighted by atomic mass is 10.0. The normalized spacial score (nSPS) is 16.8. The average Bonchev–Trinajstić information content (AvgIpc) is 2.92. The molecule has 1 aliphatic rings. The Hall–Kier alpha value is -2.19. The molecule has 0 aliphatic carbocycles. The number of fused-ring (bicyclic) bond motifs is 1. The van der Waals surface area contributed by atoms with Crippen molar-refractivity contribution in [2.75, 3.05) is 13.7 Å². The van der Waals surface area contributed by atoms with Gasteiger partial charge in [0.1, 0.15) is 11.5 Å². The fraction of sp³-hybridized carbons (Fsp3) is 0.294. The van der Waals surface area contributed by atoms with Gasteiger partial charge in [0.05, 0.1) is 18.2 Å². The Kier molecular flexibility index (Phi) is 4.91. The minimum Gasteiger partial charge on any atom is -0.478 e. The summed E-state index contributed by atoms with van der Waals surface area (Å²) in [6.45, 7) is 0.798. The number of halogens is 2. The third kappa shape index (κ3) is 3.45. The molecule has 1 aliphatic heterocycles. The lowest BCUT2D eigenvalue weighted by molar-refractivity contribution is 0.0384. The smallest absolute Gasteiger partial charge is 0.336 e. The van der Waals surface area contributed by atoms with Crippen molar-refractivity contribution < 1.29 is 23.8 Å². The quantitative estimate of drug-likeness (QED) is 0.822. The highest BCUT2D eigenvalue weighted by Crippen LogP contribution is 2.26. The summed E-state index contributed by atoms with van der Waals surface area (Å²) in [5.41, 5.74) is 0.723. The van der Waals surface area contributed by atoms with Crippen molar-refractivity contribution in [2.24, 2.45) is 0 Å². The first-order chi connectivity index (χ1) is 11.9. The van der Waals surface area contributed by atoms with E-state index in [1.165, 1.54) is 18.1 Å². The maximum Gasteiger partial charge on any atom is 0.336 e. The van der Waals surface area contributed by atoms with Crippen molar-refractivity contribution in [3.05, 3.63) is 57.6 Å². The number of carbonyl (C=O) groups is 2. The number of carboxylic acid groups (broad SMARTS) is 1. The predicted molar refractivity (Wildman–Crippen MR) is 91.0 cm³/mol. The molecule has 1 aromatic carbocycles. The Labute approximate surface area is 151 Å². The first kappa shape index (κ1) is 17.6. The van der Waals surface area contributed by atoms with E-state index >= 15 is 0 Å². The van der Waals surface area contributed by atoms with Crippen LogP contribution in [-0.4, -0.2) is 46.2 Å². The molecular weight excluding hydrogens is 395 g/mol. The fourth-order valence-electron chi connectivity index (χ4n) is 3.06. The number of hydrogen-bond donors (Lipinski definition) is 1. The Morgan fingerprint density at radius 2 is 2.20 bits per heavy atom. The minimum atomic E-state index is -1.16. The molecule has 0 saturated carbocycles. The van der Waals surface area contributed by atoms with Gasteiger partial charge in [0.15, 0.2) is 0 Å². The summed E-state index contributed by atoms with van der Waals surface area (Å²) in [7, 11) is 1.54. The number of benzene rings is 1. The molecule has 132 valence electrons. The molecule has 1 aromatic heterocycles. The fourth-order valence-corrected chi connectivity index (χ4v) is 3.53. The SMILES string of the molecule is COC[C@H]1Cn2cc(Br)cc2C(=O)N1Cc1cc(F)ccc1C(=O)O. The highest BCUT2D eigenvalue weighted by molar-refractivity contribution is 9.10. The first-order valence-corrected chi connectivity index (χ1v) is 8.37. The molecule has 1 amide bonds.